The van der Waals surface area contributed by atoms with E-state index in [9.17, 15) is 9.59 Å². The Kier molecular flexibility index (Phi) is 7.91. The van der Waals surface area contributed by atoms with E-state index in [2.05, 4.69) is 25.9 Å². The van der Waals surface area contributed by atoms with Gasteiger partial charge in [-0.2, -0.15) is 0 Å². The second-order valence-corrected chi connectivity index (χ2v) is 6.15. The van der Waals surface area contributed by atoms with E-state index in [-0.39, 0.29) is 17.4 Å². The average Bonchev–Trinajstić information content (AvgIpc) is 3.14. The Morgan fingerprint density at radius 1 is 1.36 bits per heavy atom. The van der Waals surface area contributed by atoms with Crippen molar-refractivity contribution in [1.29, 1.82) is 0 Å². The van der Waals surface area contributed by atoms with E-state index < -0.39 is 0 Å². The maximum absolute atomic E-state index is 12.2. The number of carbonyl (C=O) groups is 2. The Labute approximate surface area is 162 Å². The lowest BCUT2D eigenvalue weighted by atomic mass is 10.2. The number of hydrogen-bond acceptors (Lipinski definition) is 8. The van der Waals surface area contributed by atoms with Crippen LogP contribution in [0.4, 0.5) is 0 Å². The first kappa shape index (κ1) is 20.8. The summed E-state index contributed by atoms with van der Waals surface area (Å²) in [5.74, 6) is 5.63. The zero-order valence-corrected chi connectivity index (χ0v) is 15.7. The van der Waals surface area contributed by atoms with E-state index in [1.54, 1.807) is 17.1 Å². The average molecular weight is 387 g/mol. The van der Waals surface area contributed by atoms with E-state index in [1.807, 2.05) is 19.1 Å². The molecule has 0 radical (unpaired) electrons. The van der Waals surface area contributed by atoms with Crippen LogP contribution in [0.15, 0.2) is 36.5 Å². The normalized spacial score (nSPS) is 11.1. The van der Waals surface area contributed by atoms with Crippen molar-refractivity contribution >= 4 is 12.3 Å². The Hall–Kier alpha value is -3.47. The summed E-state index contributed by atoms with van der Waals surface area (Å²) < 4.78 is 1.61. The van der Waals surface area contributed by atoms with Crippen LogP contribution in [0, 0.1) is 6.92 Å². The molecule has 2 aromatic heterocycles. The van der Waals surface area contributed by atoms with Crippen LogP contribution in [-0.2, 0) is 17.9 Å². The first-order chi connectivity index (χ1) is 13.5. The van der Waals surface area contributed by atoms with Crippen LogP contribution < -0.4 is 22.2 Å². The SMILES string of the molecule is Cc1ccc(CNC(=O)c2cn(CCCCN(N)/C=C(\N)NC=O)nn2)cn1. The minimum absolute atomic E-state index is 0.172. The van der Waals surface area contributed by atoms with E-state index in [1.165, 1.54) is 11.2 Å². The van der Waals surface area contributed by atoms with Gasteiger partial charge < -0.3 is 21.4 Å². The molecule has 0 spiro atoms. The number of carbonyl (C=O) groups excluding carboxylic acids is 2. The molecule has 2 amide bonds. The third-order valence-electron chi connectivity index (χ3n) is 3.78. The third kappa shape index (κ3) is 7.03. The summed E-state index contributed by atoms with van der Waals surface area (Å²) in [5.41, 5.74) is 7.61. The number of rotatable bonds is 11. The fraction of sp³-hybridized carbons (Fsp3) is 0.353. The summed E-state index contributed by atoms with van der Waals surface area (Å²) in [4.78, 5) is 26.6. The topological polar surface area (TPSA) is 157 Å². The van der Waals surface area contributed by atoms with Gasteiger partial charge in [0.15, 0.2) is 5.69 Å². The van der Waals surface area contributed by atoms with Crippen molar-refractivity contribution in [2.24, 2.45) is 11.6 Å². The number of unbranched alkanes of at least 4 members (excludes halogenated alkanes) is 1. The molecule has 0 bridgehead atoms. The van der Waals surface area contributed by atoms with E-state index >= 15 is 0 Å². The first-order valence-corrected chi connectivity index (χ1v) is 8.76. The number of nitrogens with two attached hydrogens (primary N) is 2. The van der Waals surface area contributed by atoms with Gasteiger partial charge in [-0.1, -0.05) is 11.3 Å². The number of pyridine rings is 1. The van der Waals surface area contributed by atoms with Crippen LogP contribution in [0.5, 0.6) is 0 Å². The standard InChI is InChI=1S/C17H25N9O2/c1-13-4-5-14(8-20-13)9-21-17(28)15-10-26(24-23-15)7-3-2-6-25(19)11-16(18)22-12-27/h4-5,8,10-12H,2-3,6-7,9,18-19H2,1H3,(H,21,28)(H,22,27)/b16-11+. The predicted molar refractivity (Wildman–Crippen MR) is 102 cm³/mol. The molecule has 2 rings (SSSR count). The molecule has 11 nitrogen and oxygen atoms in total. The van der Waals surface area contributed by atoms with Gasteiger partial charge in [0, 0.05) is 31.5 Å². The van der Waals surface area contributed by atoms with Gasteiger partial charge >= 0.3 is 0 Å². The Bertz CT molecular complexity index is 801. The minimum Gasteiger partial charge on any atom is -0.384 e. The summed E-state index contributed by atoms with van der Waals surface area (Å²) in [6.45, 7) is 3.43. The zero-order chi connectivity index (χ0) is 20.4. The highest BCUT2D eigenvalue weighted by atomic mass is 16.2. The number of aromatic nitrogens is 4. The van der Waals surface area contributed by atoms with Crippen molar-refractivity contribution in [3.8, 4) is 0 Å². The van der Waals surface area contributed by atoms with Crippen LogP contribution >= 0.6 is 0 Å². The molecule has 0 saturated carbocycles. The lowest BCUT2D eigenvalue weighted by Gasteiger charge is -2.14. The quantitative estimate of drug-likeness (QED) is 0.172. The third-order valence-corrected chi connectivity index (χ3v) is 3.78. The number of hydrogen-bond donors (Lipinski definition) is 4. The van der Waals surface area contributed by atoms with Gasteiger partial charge in [0.2, 0.25) is 6.41 Å². The number of nitrogens with zero attached hydrogens (tertiary/aromatic N) is 5. The molecule has 0 fully saturated rings. The summed E-state index contributed by atoms with van der Waals surface area (Å²) in [5, 5.41) is 14.3. The number of hydrazine groups is 1. The fourth-order valence-corrected chi connectivity index (χ4v) is 2.30. The number of aryl methyl sites for hydroxylation is 2. The highest BCUT2D eigenvalue weighted by Gasteiger charge is 2.10. The molecule has 0 unspecified atom stereocenters. The van der Waals surface area contributed by atoms with Crippen LogP contribution in [0.3, 0.4) is 0 Å². The zero-order valence-electron chi connectivity index (χ0n) is 15.7. The second-order valence-electron chi connectivity index (χ2n) is 6.15. The molecule has 0 aliphatic rings. The van der Waals surface area contributed by atoms with Crippen LogP contribution in [0.25, 0.3) is 0 Å². The lowest BCUT2D eigenvalue weighted by molar-refractivity contribution is -0.108. The molecular weight excluding hydrogens is 362 g/mol. The van der Waals surface area contributed by atoms with Gasteiger partial charge in [-0.15, -0.1) is 5.10 Å². The summed E-state index contributed by atoms with van der Waals surface area (Å²) in [6, 6.07) is 3.81. The maximum atomic E-state index is 12.2. The Morgan fingerprint density at radius 2 is 2.18 bits per heavy atom. The minimum atomic E-state index is -0.289. The van der Waals surface area contributed by atoms with Crippen molar-refractivity contribution in [1.82, 2.24) is 35.6 Å². The number of nitrogens with one attached hydrogen (secondary N) is 2. The lowest BCUT2D eigenvalue weighted by Crippen LogP contribution is -2.30. The van der Waals surface area contributed by atoms with E-state index in [0.29, 0.717) is 26.0 Å². The molecule has 0 aromatic carbocycles. The molecule has 28 heavy (non-hydrogen) atoms. The molecule has 0 atom stereocenters. The van der Waals surface area contributed by atoms with Gasteiger partial charge in [-0.05, 0) is 31.4 Å². The molecule has 0 aliphatic heterocycles. The van der Waals surface area contributed by atoms with Crippen molar-refractivity contribution in [3.05, 3.63) is 53.5 Å². The Balaban J connectivity index is 1.71. The van der Waals surface area contributed by atoms with Crippen molar-refractivity contribution in [3.63, 3.8) is 0 Å². The largest absolute Gasteiger partial charge is 0.384 e. The predicted octanol–water partition coefficient (Wildman–Crippen LogP) is -0.629. The van der Waals surface area contributed by atoms with Crippen LogP contribution in [0.2, 0.25) is 0 Å². The van der Waals surface area contributed by atoms with Gasteiger partial charge in [0.05, 0.1) is 12.4 Å². The highest BCUT2D eigenvalue weighted by molar-refractivity contribution is 5.91. The van der Waals surface area contributed by atoms with E-state index in [0.717, 1.165) is 24.1 Å². The maximum Gasteiger partial charge on any atom is 0.273 e. The summed E-state index contributed by atoms with van der Waals surface area (Å²) >= 11 is 0. The van der Waals surface area contributed by atoms with Gasteiger partial charge in [0.1, 0.15) is 5.82 Å². The molecule has 0 saturated heterocycles. The smallest absolute Gasteiger partial charge is 0.273 e. The summed E-state index contributed by atoms with van der Waals surface area (Å²) in [6.07, 6.45) is 6.80. The van der Waals surface area contributed by atoms with Crippen molar-refractivity contribution < 1.29 is 9.59 Å². The van der Waals surface area contributed by atoms with Gasteiger partial charge in [-0.3, -0.25) is 19.3 Å². The molecule has 11 heteroatoms. The molecule has 6 N–H and O–H groups in total. The van der Waals surface area contributed by atoms with Gasteiger partial charge in [0.25, 0.3) is 5.91 Å². The van der Waals surface area contributed by atoms with E-state index in [4.69, 9.17) is 11.6 Å². The molecule has 2 aromatic rings. The van der Waals surface area contributed by atoms with Crippen molar-refractivity contribution in [2.45, 2.75) is 32.9 Å². The molecule has 0 aliphatic carbocycles. The molecular formula is C17H25N9O2. The van der Waals surface area contributed by atoms with Crippen molar-refractivity contribution in [2.75, 3.05) is 6.54 Å². The number of amides is 2. The molecule has 150 valence electrons. The monoisotopic (exact) mass is 387 g/mol. The first-order valence-electron chi connectivity index (χ1n) is 8.76. The van der Waals surface area contributed by atoms with Crippen LogP contribution in [0.1, 0.15) is 34.6 Å². The fourth-order valence-electron chi connectivity index (χ4n) is 2.30. The molecule has 2 heterocycles. The highest BCUT2D eigenvalue weighted by Crippen LogP contribution is 2.01. The van der Waals surface area contributed by atoms with Gasteiger partial charge in [-0.25, -0.2) is 5.84 Å². The van der Waals surface area contributed by atoms with Crippen LogP contribution in [-0.4, -0.2) is 43.8 Å². The summed E-state index contributed by atoms with van der Waals surface area (Å²) in [7, 11) is 0. The Morgan fingerprint density at radius 3 is 2.89 bits per heavy atom. The second kappa shape index (κ2) is 10.6.